The van der Waals surface area contributed by atoms with Crippen molar-refractivity contribution in [1.29, 1.82) is 0 Å². The highest BCUT2D eigenvalue weighted by Gasteiger charge is 2.01. The van der Waals surface area contributed by atoms with Gasteiger partial charge >= 0.3 is 0 Å². The van der Waals surface area contributed by atoms with Crippen LogP contribution in [0.15, 0.2) is 0 Å². The maximum Gasteiger partial charge on any atom is 0.105 e. The van der Waals surface area contributed by atoms with E-state index in [-0.39, 0.29) is 0 Å². The Morgan fingerprint density at radius 1 is 2.00 bits per heavy atom. The highest BCUT2D eigenvalue weighted by Crippen LogP contribution is 1.90. The summed E-state index contributed by atoms with van der Waals surface area (Å²) in [5.41, 5.74) is 1.69. The summed E-state index contributed by atoms with van der Waals surface area (Å²) in [5, 5.41) is 0. The predicted octanol–water partition coefficient (Wildman–Crippen LogP) is -0.419. The standard InChI is InChI=1S/C4H7NOS/c1-5-2-3-7(6)4-5/h2,4H,3H2,1H3. The van der Waals surface area contributed by atoms with Gasteiger partial charge in [0.05, 0.1) is 5.55 Å². The minimum absolute atomic E-state index is 0.691. The smallest absolute Gasteiger partial charge is 0.105 e. The second kappa shape index (κ2) is 1.66. The molecule has 1 unspecified atom stereocenters. The van der Waals surface area contributed by atoms with E-state index in [4.69, 9.17) is 0 Å². The van der Waals surface area contributed by atoms with Gasteiger partial charge in [-0.25, -0.2) is 0 Å². The van der Waals surface area contributed by atoms with E-state index in [1.54, 1.807) is 5.55 Å². The van der Waals surface area contributed by atoms with Crippen LogP contribution in [-0.2, 0) is 10.8 Å². The van der Waals surface area contributed by atoms with Gasteiger partial charge in [0.1, 0.15) is 7.05 Å². The van der Waals surface area contributed by atoms with Gasteiger partial charge in [-0.1, -0.05) is 0 Å². The molecule has 3 heteroatoms. The lowest BCUT2D eigenvalue weighted by Crippen LogP contribution is -1.93. The van der Waals surface area contributed by atoms with Gasteiger partial charge in [0, 0.05) is 23.1 Å². The predicted molar refractivity (Wildman–Crippen MR) is 29.6 cm³/mol. The topological polar surface area (TPSA) is 20.1 Å². The second-order valence-corrected chi connectivity index (χ2v) is 2.81. The fraction of sp³-hybridized carbons (Fsp3) is 0.500. The minimum atomic E-state index is -0.708. The third kappa shape index (κ3) is 1.03. The summed E-state index contributed by atoms with van der Waals surface area (Å²) in [6.07, 6.45) is 0. The second-order valence-electron chi connectivity index (χ2n) is 1.50. The van der Waals surface area contributed by atoms with Crippen LogP contribution in [0.1, 0.15) is 0 Å². The molecule has 1 heterocycles. The fourth-order valence-electron chi connectivity index (χ4n) is 0.463. The number of hydrogen-bond donors (Lipinski definition) is 0. The Morgan fingerprint density at radius 3 is 2.86 bits per heavy atom. The van der Waals surface area contributed by atoms with Crippen LogP contribution < -0.4 is 0 Å². The van der Waals surface area contributed by atoms with Crippen LogP contribution in [0.3, 0.4) is 0 Å². The first-order valence-electron chi connectivity index (χ1n) is 2.06. The van der Waals surface area contributed by atoms with E-state index in [1.165, 1.54) is 0 Å². The lowest BCUT2D eigenvalue weighted by molar-refractivity contribution is -0.441. The Kier molecular flexibility index (Phi) is 1.15. The molecule has 0 bridgehead atoms. The van der Waals surface area contributed by atoms with Crippen molar-refractivity contribution in [2.45, 2.75) is 0 Å². The largest absolute Gasteiger partial charge is 0.360 e. The van der Waals surface area contributed by atoms with Crippen LogP contribution in [0.4, 0.5) is 0 Å². The van der Waals surface area contributed by atoms with Gasteiger partial charge in [-0.2, -0.15) is 0 Å². The highest BCUT2D eigenvalue weighted by atomic mass is 32.2. The van der Waals surface area contributed by atoms with Gasteiger partial charge in [-0.3, -0.25) is 4.21 Å². The lowest BCUT2D eigenvalue weighted by atomic mass is 10.7. The van der Waals surface area contributed by atoms with Crippen molar-refractivity contribution >= 4 is 16.3 Å². The summed E-state index contributed by atoms with van der Waals surface area (Å²) >= 11 is 0. The van der Waals surface area contributed by atoms with Crippen molar-refractivity contribution in [3.8, 4) is 0 Å². The molecule has 7 heavy (non-hydrogen) atoms. The molecule has 0 aromatic heterocycles. The summed E-state index contributed by atoms with van der Waals surface area (Å²) in [6.45, 7) is 1.90. The molecule has 0 saturated heterocycles. The molecule has 0 amide bonds. The molecule has 1 aliphatic heterocycles. The average Bonchev–Trinajstić information content (AvgIpc) is 1.87. The Bertz CT molecular complexity index is 130. The molecular weight excluding hydrogens is 110 g/mol. The number of hydrogen-bond acceptors (Lipinski definition) is 1. The van der Waals surface area contributed by atoms with Crippen molar-refractivity contribution in [1.82, 2.24) is 0 Å². The third-order valence-electron chi connectivity index (χ3n) is 0.811. The molecule has 40 valence electrons. The maximum atomic E-state index is 10.4. The molecule has 0 fully saturated rings. The van der Waals surface area contributed by atoms with Crippen LogP contribution in [0.2, 0.25) is 0 Å². The molecule has 1 aliphatic rings. The zero-order chi connectivity index (χ0) is 5.28. The molecule has 0 spiro atoms. The zero-order valence-corrected chi connectivity index (χ0v) is 4.94. The summed E-state index contributed by atoms with van der Waals surface area (Å²) in [4.78, 5) is 0. The summed E-state index contributed by atoms with van der Waals surface area (Å²) in [7, 11) is 1.17. The van der Waals surface area contributed by atoms with Crippen LogP contribution >= 0.6 is 0 Å². The minimum Gasteiger partial charge on any atom is -0.360 e. The number of rotatable bonds is 0. The van der Waals surface area contributed by atoms with E-state index in [0.29, 0.717) is 5.75 Å². The van der Waals surface area contributed by atoms with Crippen molar-refractivity contribution < 1.29 is 8.78 Å². The molecule has 0 aromatic carbocycles. The first-order chi connectivity index (χ1) is 3.29. The maximum absolute atomic E-state index is 10.4. The van der Waals surface area contributed by atoms with Crippen molar-refractivity contribution in [3.63, 3.8) is 0 Å². The van der Waals surface area contributed by atoms with E-state index in [2.05, 4.69) is 0 Å². The SMILES string of the molecule is C[N+]1=CS(=O)C[CH-]1. The molecule has 0 radical (unpaired) electrons. The van der Waals surface area contributed by atoms with Crippen molar-refractivity contribution in [2.24, 2.45) is 0 Å². The quantitative estimate of drug-likeness (QED) is 0.312. The highest BCUT2D eigenvalue weighted by molar-refractivity contribution is 7.98. The van der Waals surface area contributed by atoms with Gasteiger partial charge in [0.2, 0.25) is 0 Å². The molecule has 0 aliphatic carbocycles. The van der Waals surface area contributed by atoms with E-state index < -0.39 is 10.8 Å². The fourth-order valence-corrected chi connectivity index (χ4v) is 1.39. The summed E-state index contributed by atoms with van der Waals surface area (Å²) in [6, 6.07) is 0. The Balaban J connectivity index is 2.67. The Labute approximate surface area is 45.3 Å². The third-order valence-corrected chi connectivity index (χ3v) is 1.86. The van der Waals surface area contributed by atoms with E-state index in [9.17, 15) is 4.21 Å². The first-order valence-corrected chi connectivity index (χ1v) is 3.44. The molecule has 1 rings (SSSR count). The van der Waals surface area contributed by atoms with Gasteiger partial charge in [0.25, 0.3) is 0 Å². The monoisotopic (exact) mass is 117 g/mol. The van der Waals surface area contributed by atoms with E-state index >= 15 is 0 Å². The van der Waals surface area contributed by atoms with Gasteiger partial charge in [-0.05, 0) is 0 Å². The van der Waals surface area contributed by atoms with Crippen LogP contribution in [0.25, 0.3) is 0 Å². The molecular formula is C4H7NOS. The molecule has 0 N–H and O–H groups in total. The molecule has 0 saturated carbocycles. The normalized spacial score (nSPS) is 29.3. The van der Waals surface area contributed by atoms with Crippen molar-refractivity contribution in [3.05, 3.63) is 6.54 Å². The van der Waals surface area contributed by atoms with Gasteiger partial charge < -0.3 is 4.58 Å². The summed E-state index contributed by atoms with van der Waals surface area (Å²) in [5.74, 6) is 0.691. The number of nitrogens with zero attached hydrogens (tertiary/aromatic N) is 1. The van der Waals surface area contributed by atoms with Gasteiger partial charge in [0.15, 0.2) is 0 Å². The Hall–Kier alpha value is -0.310. The molecule has 1 atom stereocenters. The Morgan fingerprint density at radius 2 is 2.71 bits per heavy atom. The van der Waals surface area contributed by atoms with Crippen molar-refractivity contribution in [2.75, 3.05) is 12.8 Å². The van der Waals surface area contributed by atoms with E-state index in [0.717, 1.165) is 0 Å². The molecule has 2 nitrogen and oxygen atoms in total. The lowest BCUT2D eigenvalue weighted by Gasteiger charge is -1.86. The van der Waals surface area contributed by atoms with E-state index in [1.807, 2.05) is 18.2 Å². The van der Waals surface area contributed by atoms with Crippen LogP contribution in [0, 0.1) is 6.54 Å². The zero-order valence-electron chi connectivity index (χ0n) is 4.13. The van der Waals surface area contributed by atoms with Crippen LogP contribution in [0.5, 0.6) is 0 Å². The van der Waals surface area contributed by atoms with Gasteiger partial charge in [-0.15, -0.1) is 0 Å². The summed E-state index contributed by atoms with van der Waals surface area (Å²) < 4.78 is 12.3. The average molecular weight is 117 g/mol. The first kappa shape index (κ1) is 4.84. The van der Waals surface area contributed by atoms with Crippen LogP contribution in [-0.4, -0.2) is 27.1 Å². The molecule has 0 aromatic rings.